The van der Waals surface area contributed by atoms with Crippen molar-refractivity contribution in [1.29, 1.82) is 0 Å². The van der Waals surface area contributed by atoms with Gasteiger partial charge in [0.1, 0.15) is 0 Å². The number of rotatable bonds is 5. The van der Waals surface area contributed by atoms with Gasteiger partial charge in [-0.3, -0.25) is 4.68 Å². The minimum Gasteiger partial charge on any atom is -0.311 e. The molecule has 0 amide bonds. The molecular weight excluding hydrogens is 324 g/mol. The molecule has 104 valence electrons. The third kappa shape index (κ3) is 3.07. The van der Waals surface area contributed by atoms with E-state index in [1.165, 1.54) is 5.69 Å². The monoisotopic (exact) mass is 342 g/mol. The van der Waals surface area contributed by atoms with Gasteiger partial charge in [0.05, 0.1) is 32.6 Å². The molecule has 0 aliphatic heterocycles. The predicted molar refractivity (Wildman–Crippen MR) is 82.7 cm³/mol. The Balaban J connectivity index is 2.28. The number of likely N-dealkylation sites (N-methyl/N-ethyl adjacent to an activating group) is 1. The highest BCUT2D eigenvalue weighted by atomic mass is 79.9. The van der Waals surface area contributed by atoms with Crippen LogP contribution in [-0.2, 0) is 13.0 Å². The van der Waals surface area contributed by atoms with Crippen LogP contribution in [0.4, 0.5) is 0 Å². The van der Waals surface area contributed by atoms with Crippen molar-refractivity contribution in [2.45, 2.75) is 39.8 Å². The van der Waals surface area contributed by atoms with Crippen LogP contribution in [0.15, 0.2) is 9.85 Å². The Morgan fingerprint density at radius 1 is 1.47 bits per heavy atom. The van der Waals surface area contributed by atoms with E-state index in [1.807, 2.05) is 20.9 Å². The first-order valence-corrected chi connectivity index (χ1v) is 8.05. The lowest BCUT2D eigenvalue weighted by atomic mass is 10.1. The van der Waals surface area contributed by atoms with E-state index in [-0.39, 0.29) is 6.04 Å². The van der Waals surface area contributed by atoms with Crippen LogP contribution in [0.2, 0.25) is 0 Å². The van der Waals surface area contributed by atoms with Gasteiger partial charge in [0.25, 0.3) is 0 Å². The number of aryl methyl sites for hydroxylation is 3. The Morgan fingerprint density at radius 2 is 2.21 bits per heavy atom. The van der Waals surface area contributed by atoms with Gasteiger partial charge in [-0.15, -0.1) is 11.3 Å². The molecule has 0 spiro atoms. The van der Waals surface area contributed by atoms with Crippen LogP contribution >= 0.6 is 27.3 Å². The average Bonchev–Trinajstić information content (AvgIpc) is 2.93. The molecule has 0 aromatic carbocycles. The number of halogens is 1. The SMILES string of the molecule is CCn1nc(C)c(Br)c1CC(NC)c1csc(C)n1. The lowest BCUT2D eigenvalue weighted by Gasteiger charge is -2.15. The van der Waals surface area contributed by atoms with Gasteiger partial charge in [0.2, 0.25) is 0 Å². The van der Waals surface area contributed by atoms with Gasteiger partial charge in [0, 0.05) is 18.3 Å². The van der Waals surface area contributed by atoms with Crippen LogP contribution in [0.25, 0.3) is 0 Å². The third-order valence-corrected chi connectivity index (χ3v) is 5.02. The van der Waals surface area contributed by atoms with E-state index in [0.717, 1.165) is 33.8 Å². The number of nitrogens with zero attached hydrogens (tertiary/aromatic N) is 3. The first-order valence-electron chi connectivity index (χ1n) is 6.37. The van der Waals surface area contributed by atoms with Crippen LogP contribution < -0.4 is 5.32 Å². The fourth-order valence-electron chi connectivity index (χ4n) is 2.15. The quantitative estimate of drug-likeness (QED) is 0.906. The summed E-state index contributed by atoms with van der Waals surface area (Å²) in [5, 5.41) is 11.1. The van der Waals surface area contributed by atoms with Crippen molar-refractivity contribution in [2.75, 3.05) is 7.05 Å². The highest BCUT2D eigenvalue weighted by Gasteiger charge is 2.19. The number of thiazole rings is 1. The maximum atomic E-state index is 4.58. The van der Waals surface area contributed by atoms with Crippen LogP contribution in [0.5, 0.6) is 0 Å². The second-order valence-electron chi connectivity index (χ2n) is 4.50. The molecule has 6 heteroatoms. The molecule has 2 aromatic rings. The van der Waals surface area contributed by atoms with Gasteiger partial charge < -0.3 is 5.32 Å². The molecule has 1 N–H and O–H groups in total. The summed E-state index contributed by atoms with van der Waals surface area (Å²) in [4.78, 5) is 4.58. The van der Waals surface area contributed by atoms with Crippen molar-refractivity contribution in [2.24, 2.45) is 0 Å². The molecule has 0 fully saturated rings. The number of hydrogen-bond donors (Lipinski definition) is 1. The molecule has 0 aliphatic carbocycles. The third-order valence-electron chi connectivity index (χ3n) is 3.19. The molecule has 1 unspecified atom stereocenters. The molecule has 2 rings (SSSR count). The van der Waals surface area contributed by atoms with Crippen molar-refractivity contribution < 1.29 is 0 Å². The Hall–Kier alpha value is -0.720. The fraction of sp³-hybridized carbons (Fsp3) is 0.538. The maximum absolute atomic E-state index is 4.58. The zero-order valence-corrected chi connectivity index (χ0v) is 14.1. The van der Waals surface area contributed by atoms with E-state index in [4.69, 9.17) is 0 Å². The van der Waals surface area contributed by atoms with E-state index in [9.17, 15) is 0 Å². The second-order valence-corrected chi connectivity index (χ2v) is 6.35. The molecular formula is C13H19BrN4S. The minimum atomic E-state index is 0.225. The molecule has 19 heavy (non-hydrogen) atoms. The molecule has 0 bridgehead atoms. The normalized spacial score (nSPS) is 12.9. The van der Waals surface area contributed by atoms with Gasteiger partial charge in [-0.05, 0) is 43.7 Å². The van der Waals surface area contributed by atoms with Crippen LogP contribution in [-0.4, -0.2) is 21.8 Å². The minimum absolute atomic E-state index is 0.225. The van der Waals surface area contributed by atoms with Gasteiger partial charge in [0.15, 0.2) is 0 Å². The first-order chi connectivity index (χ1) is 9.06. The summed E-state index contributed by atoms with van der Waals surface area (Å²) in [6, 6.07) is 0.225. The van der Waals surface area contributed by atoms with Crippen LogP contribution in [0.3, 0.4) is 0 Å². The summed E-state index contributed by atoms with van der Waals surface area (Å²) in [5.41, 5.74) is 3.38. The smallest absolute Gasteiger partial charge is 0.0898 e. The van der Waals surface area contributed by atoms with Gasteiger partial charge in [-0.25, -0.2) is 4.98 Å². The summed E-state index contributed by atoms with van der Waals surface area (Å²) >= 11 is 5.34. The van der Waals surface area contributed by atoms with E-state index < -0.39 is 0 Å². The molecule has 0 saturated heterocycles. The largest absolute Gasteiger partial charge is 0.311 e. The summed E-state index contributed by atoms with van der Waals surface area (Å²) in [6.07, 6.45) is 0.884. The molecule has 2 heterocycles. The summed E-state index contributed by atoms with van der Waals surface area (Å²) in [6.45, 7) is 7.07. The highest BCUT2D eigenvalue weighted by Crippen LogP contribution is 2.27. The van der Waals surface area contributed by atoms with Crippen LogP contribution in [0.1, 0.15) is 35.1 Å². The van der Waals surface area contributed by atoms with Crippen LogP contribution in [0, 0.1) is 13.8 Å². The molecule has 4 nitrogen and oxygen atoms in total. The van der Waals surface area contributed by atoms with Crippen molar-refractivity contribution in [3.63, 3.8) is 0 Å². The van der Waals surface area contributed by atoms with Crippen molar-refractivity contribution >= 4 is 27.3 Å². The Labute approximate surface area is 126 Å². The maximum Gasteiger partial charge on any atom is 0.0898 e. The highest BCUT2D eigenvalue weighted by molar-refractivity contribution is 9.10. The van der Waals surface area contributed by atoms with E-state index in [2.05, 4.69) is 48.3 Å². The Bertz CT molecular complexity index is 561. The summed E-state index contributed by atoms with van der Waals surface area (Å²) < 4.78 is 3.17. The van der Waals surface area contributed by atoms with Crippen molar-refractivity contribution in [1.82, 2.24) is 20.1 Å². The topological polar surface area (TPSA) is 42.7 Å². The lowest BCUT2D eigenvalue weighted by Crippen LogP contribution is -2.21. The van der Waals surface area contributed by atoms with Gasteiger partial charge >= 0.3 is 0 Å². The summed E-state index contributed by atoms with van der Waals surface area (Å²) in [5.74, 6) is 0. The number of aromatic nitrogens is 3. The average molecular weight is 343 g/mol. The molecule has 2 aromatic heterocycles. The number of hydrogen-bond acceptors (Lipinski definition) is 4. The molecule has 1 atom stereocenters. The Morgan fingerprint density at radius 3 is 2.74 bits per heavy atom. The molecule has 0 aliphatic rings. The molecule has 0 saturated carbocycles. The van der Waals surface area contributed by atoms with Gasteiger partial charge in [-0.2, -0.15) is 5.10 Å². The standard InChI is InChI=1S/C13H19BrN4S/c1-5-18-12(13(14)8(2)17-18)6-10(15-4)11-7-19-9(3)16-11/h7,10,15H,5-6H2,1-4H3. The Kier molecular flexibility index (Phi) is 4.76. The van der Waals surface area contributed by atoms with E-state index in [1.54, 1.807) is 11.3 Å². The van der Waals surface area contributed by atoms with E-state index >= 15 is 0 Å². The first kappa shape index (κ1) is 14.7. The molecule has 0 radical (unpaired) electrons. The van der Waals surface area contributed by atoms with E-state index in [0.29, 0.717) is 0 Å². The van der Waals surface area contributed by atoms with Crippen molar-refractivity contribution in [3.8, 4) is 0 Å². The zero-order chi connectivity index (χ0) is 14.0. The van der Waals surface area contributed by atoms with Crippen molar-refractivity contribution in [3.05, 3.63) is 31.9 Å². The zero-order valence-electron chi connectivity index (χ0n) is 11.7. The second kappa shape index (κ2) is 6.15. The predicted octanol–water partition coefficient (Wildman–Crippen LogP) is 3.24. The van der Waals surface area contributed by atoms with Gasteiger partial charge in [-0.1, -0.05) is 0 Å². The lowest BCUT2D eigenvalue weighted by molar-refractivity contribution is 0.532. The number of nitrogens with one attached hydrogen (secondary N) is 1. The summed E-state index contributed by atoms with van der Waals surface area (Å²) in [7, 11) is 1.98. The fourth-order valence-corrected chi connectivity index (χ4v) is 3.26.